The van der Waals surface area contributed by atoms with Gasteiger partial charge in [-0.3, -0.25) is 0 Å². The summed E-state index contributed by atoms with van der Waals surface area (Å²) in [4.78, 5) is 4.14. The van der Waals surface area contributed by atoms with Crippen molar-refractivity contribution in [3.05, 3.63) is 39.5 Å². The minimum atomic E-state index is 0.869. The first-order valence-electron chi connectivity index (χ1n) is 3.46. The van der Waals surface area contributed by atoms with Crippen molar-refractivity contribution in [1.82, 2.24) is 4.98 Å². The molecule has 2 rings (SSSR count). The van der Waals surface area contributed by atoms with Crippen LogP contribution in [0.1, 0.15) is 0 Å². The van der Waals surface area contributed by atoms with E-state index in [0.29, 0.717) is 0 Å². The van der Waals surface area contributed by atoms with Crippen molar-refractivity contribution >= 4 is 42.6 Å². The third-order valence-electron chi connectivity index (χ3n) is 1.65. The molecular weight excluding hydrogens is 282 g/mol. The highest BCUT2D eigenvalue weighted by atomic mass is 79.9. The normalized spacial score (nSPS) is 10.5. The van der Waals surface area contributed by atoms with Crippen LogP contribution in [-0.2, 0) is 0 Å². The molecule has 0 saturated heterocycles. The second kappa shape index (κ2) is 3.15. The highest BCUT2D eigenvalue weighted by Gasteiger charge is 1.95. The van der Waals surface area contributed by atoms with Gasteiger partial charge in [-0.05, 0) is 39.5 Å². The van der Waals surface area contributed by atoms with Crippen LogP contribution >= 0.6 is 31.9 Å². The van der Waals surface area contributed by atoms with E-state index in [2.05, 4.69) is 42.9 Å². The Hall–Kier alpha value is -0.410. The zero-order valence-corrected chi connectivity index (χ0v) is 9.26. The van der Waals surface area contributed by atoms with E-state index in [9.17, 15) is 0 Å². The number of rotatable bonds is 0. The fourth-order valence-electron chi connectivity index (χ4n) is 1.08. The number of nitrogens with zero attached hydrogens (tertiary/aromatic N) is 1. The van der Waals surface area contributed by atoms with Crippen molar-refractivity contribution in [1.29, 1.82) is 0 Å². The van der Waals surface area contributed by atoms with Crippen LogP contribution in [-0.4, -0.2) is 4.98 Å². The van der Waals surface area contributed by atoms with E-state index in [4.69, 9.17) is 0 Å². The zero-order chi connectivity index (χ0) is 8.55. The first kappa shape index (κ1) is 8.20. The quantitative estimate of drug-likeness (QED) is 0.672. The molecule has 0 aliphatic heterocycles. The third-order valence-corrected chi connectivity index (χ3v) is 2.58. The molecular formula is C9H5Br2N. The summed E-state index contributed by atoms with van der Waals surface area (Å²) in [6.07, 6.45) is 1.85. The van der Waals surface area contributed by atoms with Crippen LogP contribution in [0, 0.1) is 0 Å². The Balaban J connectivity index is 2.80. The maximum Gasteiger partial charge on any atom is 0.106 e. The molecule has 0 fully saturated rings. The fourth-order valence-corrected chi connectivity index (χ4v) is 1.81. The maximum atomic E-state index is 4.14. The summed E-state index contributed by atoms with van der Waals surface area (Å²) in [6, 6.07) is 8.12. The molecule has 3 heteroatoms. The Bertz CT molecular complexity index is 389. The lowest BCUT2D eigenvalue weighted by atomic mass is 10.2. The van der Waals surface area contributed by atoms with Crippen LogP contribution < -0.4 is 0 Å². The number of hydrogen-bond acceptors (Lipinski definition) is 1. The van der Waals surface area contributed by atoms with E-state index in [1.807, 2.05) is 24.4 Å². The van der Waals surface area contributed by atoms with Gasteiger partial charge in [-0.25, -0.2) is 4.98 Å². The summed E-state index contributed by atoms with van der Waals surface area (Å²) in [7, 11) is 0. The topological polar surface area (TPSA) is 12.9 Å². The molecule has 0 spiro atoms. The highest BCUT2D eigenvalue weighted by molar-refractivity contribution is 9.10. The SMILES string of the molecule is Brc1ccc2cnc(Br)cc2c1. The molecule has 1 aromatic carbocycles. The monoisotopic (exact) mass is 285 g/mol. The molecule has 1 aromatic heterocycles. The summed E-state index contributed by atoms with van der Waals surface area (Å²) < 4.78 is 1.96. The second-order valence-electron chi connectivity index (χ2n) is 2.50. The van der Waals surface area contributed by atoms with Gasteiger partial charge in [-0.15, -0.1) is 0 Å². The van der Waals surface area contributed by atoms with Crippen molar-refractivity contribution in [3.8, 4) is 0 Å². The number of fused-ring (bicyclic) bond motifs is 1. The summed E-state index contributed by atoms with van der Waals surface area (Å²) >= 11 is 6.75. The number of pyridine rings is 1. The molecule has 0 aliphatic rings. The Morgan fingerprint density at radius 2 is 1.83 bits per heavy atom. The van der Waals surface area contributed by atoms with Gasteiger partial charge in [0.05, 0.1) is 0 Å². The van der Waals surface area contributed by atoms with Crippen molar-refractivity contribution in [2.24, 2.45) is 0 Å². The summed E-state index contributed by atoms with van der Waals surface area (Å²) in [5.74, 6) is 0. The molecule has 0 radical (unpaired) electrons. The van der Waals surface area contributed by atoms with E-state index < -0.39 is 0 Å². The summed E-state index contributed by atoms with van der Waals surface area (Å²) in [5, 5.41) is 2.34. The van der Waals surface area contributed by atoms with Gasteiger partial charge >= 0.3 is 0 Å². The number of benzene rings is 1. The first-order chi connectivity index (χ1) is 5.75. The third kappa shape index (κ3) is 1.52. The van der Waals surface area contributed by atoms with Crippen LogP contribution in [0.25, 0.3) is 10.8 Å². The molecule has 1 nitrogen and oxygen atoms in total. The van der Waals surface area contributed by atoms with Gasteiger partial charge in [-0.1, -0.05) is 22.0 Å². The zero-order valence-electron chi connectivity index (χ0n) is 6.09. The number of hydrogen-bond donors (Lipinski definition) is 0. The van der Waals surface area contributed by atoms with E-state index in [-0.39, 0.29) is 0 Å². The van der Waals surface area contributed by atoms with E-state index >= 15 is 0 Å². The summed E-state index contributed by atoms with van der Waals surface area (Å²) in [6.45, 7) is 0. The lowest BCUT2D eigenvalue weighted by Crippen LogP contribution is -1.77. The predicted octanol–water partition coefficient (Wildman–Crippen LogP) is 3.76. The predicted molar refractivity (Wildman–Crippen MR) is 57.1 cm³/mol. The van der Waals surface area contributed by atoms with Gasteiger partial charge in [0.25, 0.3) is 0 Å². The van der Waals surface area contributed by atoms with Crippen LogP contribution in [0.15, 0.2) is 39.5 Å². The van der Waals surface area contributed by atoms with Crippen molar-refractivity contribution in [2.45, 2.75) is 0 Å². The molecule has 0 unspecified atom stereocenters. The smallest absolute Gasteiger partial charge is 0.106 e. The molecule has 0 saturated carbocycles. The number of aromatic nitrogens is 1. The Labute approximate surface area is 87.1 Å². The van der Waals surface area contributed by atoms with Crippen molar-refractivity contribution in [2.75, 3.05) is 0 Å². The lowest BCUT2D eigenvalue weighted by molar-refractivity contribution is 1.31. The van der Waals surface area contributed by atoms with Gasteiger partial charge in [0.1, 0.15) is 4.60 Å². The molecule has 0 aliphatic carbocycles. The lowest BCUT2D eigenvalue weighted by Gasteiger charge is -1.97. The minimum Gasteiger partial charge on any atom is -0.249 e. The minimum absolute atomic E-state index is 0.869. The Kier molecular flexibility index (Phi) is 2.15. The Morgan fingerprint density at radius 3 is 2.67 bits per heavy atom. The van der Waals surface area contributed by atoms with E-state index in [1.54, 1.807) is 0 Å². The van der Waals surface area contributed by atoms with Gasteiger partial charge in [0.2, 0.25) is 0 Å². The number of halogens is 2. The molecule has 0 bridgehead atoms. The van der Waals surface area contributed by atoms with Crippen LogP contribution in [0.3, 0.4) is 0 Å². The molecule has 2 aromatic rings. The van der Waals surface area contributed by atoms with Crippen LogP contribution in [0.2, 0.25) is 0 Å². The second-order valence-corrected chi connectivity index (χ2v) is 4.23. The molecule has 0 N–H and O–H groups in total. The van der Waals surface area contributed by atoms with Crippen LogP contribution in [0.4, 0.5) is 0 Å². The van der Waals surface area contributed by atoms with Crippen LogP contribution in [0.5, 0.6) is 0 Å². The molecule has 60 valence electrons. The average molecular weight is 287 g/mol. The van der Waals surface area contributed by atoms with Gasteiger partial charge < -0.3 is 0 Å². The Morgan fingerprint density at radius 1 is 1.00 bits per heavy atom. The fraction of sp³-hybridized carbons (Fsp3) is 0. The largest absolute Gasteiger partial charge is 0.249 e. The van der Waals surface area contributed by atoms with E-state index in [1.165, 1.54) is 5.39 Å². The van der Waals surface area contributed by atoms with Gasteiger partial charge in [-0.2, -0.15) is 0 Å². The average Bonchev–Trinajstić information content (AvgIpc) is 2.03. The highest BCUT2D eigenvalue weighted by Crippen LogP contribution is 2.21. The van der Waals surface area contributed by atoms with E-state index in [0.717, 1.165) is 14.5 Å². The molecule has 0 amide bonds. The molecule has 12 heavy (non-hydrogen) atoms. The van der Waals surface area contributed by atoms with Gasteiger partial charge in [0.15, 0.2) is 0 Å². The standard InChI is InChI=1S/C9H5Br2N/c10-8-2-1-6-5-12-9(11)4-7(6)3-8/h1-5H. The van der Waals surface area contributed by atoms with Crippen molar-refractivity contribution < 1.29 is 0 Å². The van der Waals surface area contributed by atoms with Gasteiger partial charge in [0, 0.05) is 16.1 Å². The molecule has 1 heterocycles. The summed E-state index contributed by atoms with van der Waals surface area (Å²) in [5.41, 5.74) is 0. The maximum absolute atomic E-state index is 4.14. The molecule has 0 atom stereocenters. The van der Waals surface area contributed by atoms with Crippen molar-refractivity contribution in [3.63, 3.8) is 0 Å². The first-order valence-corrected chi connectivity index (χ1v) is 5.05.